The Kier molecular flexibility index (Phi) is 5.21. The maximum atomic E-state index is 12.2. The second-order valence-corrected chi connectivity index (χ2v) is 5.84. The molecule has 116 valence electrons. The number of benzene rings is 2. The summed E-state index contributed by atoms with van der Waals surface area (Å²) in [6.45, 7) is 8.05. The summed E-state index contributed by atoms with van der Waals surface area (Å²) >= 11 is 0. The first kappa shape index (κ1) is 16.1. The Labute approximate surface area is 132 Å². The van der Waals surface area contributed by atoms with E-state index in [-0.39, 0.29) is 5.91 Å². The number of amides is 1. The van der Waals surface area contributed by atoms with Crippen molar-refractivity contribution in [2.24, 2.45) is 0 Å². The molecule has 22 heavy (non-hydrogen) atoms. The average molecular weight is 297 g/mol. The van der Waals surface area contributed by atoms with Crippen molar-refractivity contribution in [3.05, 3.63) is 59.7 Å². The third-order valence-electron chi connectivity index (χ3n) is 3.55. The van der Waals surface area contributed by atoms with Crippen molar-refractivity contribution in [2.45, 2.75) is 39.7 Å². The lowest BCUT2D eigenvalue weighted by Crippen LogP contribution is -2.30. The van der Waals surface area contributed by atoms with Crippen LogP contribution in [-0.2, 0) is 4.79 Å². The predicted molar refractivity (Wildman–Crippen MR) is 90.4 cm³/mol. The van der Waals surface area contributed by atoms with E-state index in [1.54, 1.807) is 6.92 Å². The van der Waals surface area contributed by atoms with Gasteiger partial charge in [0, 0.05) is 5.69 Å². The molecule has 1 atom stereocenters. The SMILES string of the molecule is Cc1ccc(O[C@H](C)C(=O)Nc2ccc(C(C)C)cc2)cc1. The molecule has 2 aromatic rings. The van der Waals surface area contributed by atoms with E-state index in [0.29, 0.717) is 11.7 Å². The number of hydrogen-bond donors (Lipinski definition) is 1. The molecule has 3 heteroatoms. The summed E-state index contributed by atoms with van der Waals surface area (Å²) in [4.78, 5) is 12.2. The molecule has 0 saturated carbocycles. The molecule has 0 fully saturated rings. The highest BCUT2D eigenvalue weighted by atomic mass is 16.5. The maximum absolute atomic E-state index is 12.2. The maximum Gasteiger partial charge on any atom is 0.265 e. The minimum absolute atomic E-state index is 0.155. The fraction of sp³-hybridized carbons (Fsp3) is 0.316. The molecule has 0 unspecified atom stereocenters. The largest absolute Gasteiger partial charge is 0.481 e. The van der Waals surface area contributed by atoms with E-state index in [9.17, 15) is 4.79 Å². The van der Waals surface area contributed by atoms with E-state index in [4.69, 9.17) is 4.74 Å². The highest BCUT2D eigenvalue weighted by Gasteiger charge is 2.14. The van der Waals surface area contributed by atoms with Gasteiger partial charge in [-0.05, 0) is 49.6 Å². The Balaban J connectivity index is 1.94. The van der Waals surface area contributed by atoms with Gasteiger partial charge in [0.2, 0.25) is 0 Å². The lowest BCUT2D eigenvalue weighted by atomic mass is 10.0. The number of nitrogens with one attached hydrogen (secondary N) is 1. The lowest BCUT2D eigenvalue weighted by molar-refractivity contribution is -0.122. The van der Waals surface area contributed by atoms with Crippen molar-refractivity contribution in [1.29, 1.82) is 0 Å². The van der Waals surface area contributed by atoms with Crippen molar-refractivity contribution in [2.75, 3.05) is 5.32 Å². The van der Waals surface area contributed by atoms with Crippen LogP contribution < -0.4 is 10.1 Å². The number of ether oxygens (including phenoxy) is 1. The van der Waals surface area contributed by atoms with Gasteiger partial charge in [0.1, 0.15) is 5.75 Å². The van der Waals surface area contributed by atoms with Gasteiger partial charge in [-0.1, -0.05) is 43.7 Å². The zero-order chi connectivity index (χ0) is 16.1. The van der Waals surface area contributed by atoms with Crippen molar-refractivity contribution in [1.82, 2.24) is 0 Å². The average Bonchev–Trinajstić information content (AvgIpc) is 2.50. The Bertz CT molecular complexity index is 615. The first-order valence-corrected chi connectivity index (χ1v) is 7.60. The number of anilines is 1. The Morgan fingerprint density at radius 3 is 2.09 bits per heavy atom. The quantitative estimate of drug-likeness (QED) is 0.881. The number of hydrogen-bond acceptors (Lipinski definition) is 2. The number of carbonyl (C=O) groups excluding carboxylic acids is 1. The highest BCUT2D eigenvalue weighted by Crippen LogP contribution is 2.18. The van der Waals surface area contributed by atoms with Crippen molar-refractivity contribution >= 4 is 11.6 Å². The molecule has 0 saturated heterocycles. The minimum atomic E-state index is -0.549. The van der Waals surface area contributed by atoms with Gasteiger partial charge in [-0.25, -0.2) is 0 Å². The summed E-state index contributed by atoms with van der Waals surface area (Å²) in [5, 5.41) is 2.88. The molecule has 0 aliphatic carbocycles. The van der Waals surface area contributed by atoms with Crippen molar-refractivity contribution in [3.63, 3.8) is 0 Å². The van der Waals surface area contributed by atoms with Crippen LogP contribution in [0.2, 0.25) is 0 Å². The predicted octanol–water partition coefficient (Wildman–Crippen LogP) is 4.52. The van der Waals surface area contributed by atoms with Crippen LogP contribution in [0, 0.1) is 6.92 Å². The van der Waals surface area contributed by atoms with E-state index in [2.05, 4.69) is 19.2 Å². The summed E-state index contributed by atoms with van der Waals surface area (Å²) in [6.07, 6.45) is -0.549. The van der Waals surface area contributed by atoms with Crippen LogP contribution in [0.25, 0.3) is 0 Å². The molecule has 1 amide bonds. The summed E-state index contributed by atoms with van der Waals surface area (Å²) in [5.41, 5.74) is 3.20. The van der Waals surface area contributed by atoms with E-state index in [1.165, 1.54) is 5.56 Å². The Morgan fingerprint density at radius 2 is 1.55 bits per heavy atom. The smallest absolute Gasteiger partial charge is 0.265 e. The summed E-state index contributed by atoms with van der Waals surface area (Å²) in [5.74, 6) is 1.02. The molecule has 3 nitrogen and oxygen atoms in total. The van der Waals surface area contributed by atoms with Gasteiger partial charge in [0.05, 0.1) is 0 Å². The molecule has 2 aromatic carbocycles. The van der Waals surface area contributed by atoms with Crippen LogP contribution in [-0.4, -0.2) is 12.0 Å². The Hall–Kier alpha value is -2.29. The normalized spacial score (nSPS) is 12.0. The third kappa shape index (κ3) is 4.35. The third-order valence-corrected chi connectivity index (χ3v) is 3.55. The monoisotopic (exact) mass is 297 g/mol. The van der Waals surface area contributed by atoms with Crippen LogP contribution in [0.3, 0.4) is 0 Å². The first-order valence-electron chi connectivity index (χ1n) is 7.60. The van der Waals surface area contributed by atoms with Crippen LogP contribution >= 0.6 is 0 Å². The molecule has 0 aliphatic rings. The fourth-order valence-electron chi connectivity index (χ4n) is 2.07. The molecular formula is C19H23NO2. The second kappa shape index (κ2) is 7.12. The van der Waals surface area contributed by atoms with Crippen LogP contribution in [0.4, 0.5) is 5.69 Å². The molecule has 0 spiro atoms. The van der Waals surface area contributed by atoms with E-state index < -0.39 is 6.10 Å². The number of rotatable bonds is 5. The molecule has 0 radical (unpaired) electrons. The van der Waals surface area contributed by atoms with Crippen LogP contribution in [0.15, 0.2) is 48.5 Å². The minimum Gasteiger partial charge on any atom is -0.481 e. The van der Waals surface area contributed by atoms with Gasteiger partial charge in [0.15, 0.2) is 6.10 Å². The molecule has 0 aliphatic heterocycles. The zero-order valence-corrected chi connectivity index (χ0v) is 13.6. The molecule has 0 bridgehead atoms. The number of carbonyl (C=O) groups is 1. The van der Waals surface area contributed by atoms with Gasteiger partial charge < -0.3 is 10.1 Å². The van der Waals surface area contributed by atoms with Gasteiger partial charge in [-0.3, -0.25) is 4.79 Å². The topological polar surface area (TPSA) is 38.3 Å². The highest BCUT2D eigenvalue weighted by molar-refractivity contribution is 5.94. The lowest BCUT2D eigenvalue weighted by Gasteiger charge is -2.15. The van der Waals surface area contributed by atoms with E-state index in [1.807, 2.05) is 55.5 Å². The van der Waals surface area contributed by atoms with Gasteiger partial charge >= 0.3 is 0 Å². The summed E-state index contributed by atoms with van der Waals surface area (Å²) in [7, 11) is 0. The number of aryl methyl sites for hydroxylation is 1. The van der Waals surface area contributed by atoms with Gasteiger partial charge in [0.25, 0.3) is 5.91 Å². The Morgan fingerprint density at radius 1 is 0.955 bits per heavy atom. The van der Waals surface area contributed by atoms with Crippen molar-refractivity contribution < 1.29 is 9.53 Å². The second-order valence-electron chi connectivity index (χ2n) is 5.84. The first-order chi connectivity index (χ1) is 10.5. The molecule has 1 N–H and O–H groups in total. The molecule has 0 heterocycles. The molecule has 2 rings (SSSR count). The van der Waals surface area contributed by atoms with E-state index in [0.717, 1.165) is 11.3 Å². The molecule has 0 aromatic heterocycles. The van der Waals surface area contributed by atoms with Crippen molar-refractivity contribution in [3.8, 4) is 5.75 Å². The van der Waals surface area contributed by atoms with Crippen LogP contribution in [0.1, 0.15) is 37.8 Å². The van der Waals surface area contributed by atoms with Crippen LogP contribution in [0.5, 0.6) is 5.75 Å². The van der Waals surface area contributed by atoms with Gasteiger partial charge in [-0.15, -0.1) is 0 Å². The summed E-state index contributed by atoms with van der Waals surface area (Å²) < 4.78 is 5.65. The van der Waals surface area contributed by atoms with Gasteiger partial charge in [-0.2, -0.15) is 0 Å². The summed E-state index contributed by atoms with van der Waals surface area (Å²) in [6, 6.07) is 15.6. The fourth-order valence-corrected chi connectivity index (χ4v) is 2.07. The molecular weight excluding hydrogens is 274 g/mol. The zero-order valence-electron chi connectivity index (χ0n) is 13.6. The standard InChI is InChI=1S/C19H23NO2/c1-13(2)16-7-9-17(10-8-16)20-19(21)15(4)22-18-11-5-14(3)6-12-18/h5-13,15H,1-4H3,(H,20,21)/t15-/m1/s1. The van der Waals surface area contributed by atoms with E-state index >= 15 is 0 Å².